The van der Waals surface area contributed by atoms with E-state index in [1.807, 2.05) is 0 Å². The van der Waals surface area contributed by atoms with Crippen molar-refractivity contribution in [1.29, 1.82) is 0 Å². The number of ketones is 1. The van der Waals surface area contributed by atoms with E-state index in [9.17, 15) is 19.2 Å². The Morgan fingerprint density at radius 1 is 1.14 bits per heavy atom. The number of carbonyl (C=O) groups excluding carboxylic acids is 4. The average Bonchev–Trinajstić information content (AvgIpc) is 2.67. The van der Waals surface area contributed by atoms with Gasteiger partial charge in [-0.25, -0.2) is 14.5 Å². The summed E-state index contributed by atoms with van der Waals surface area (Å²) in [6.07, 6.45) is 0. The normalized spacial score (nSPS) is 33.1. The summed E-state index contributed by atoms with van der Waals surface area (Å²) < 4.78 is 0. The molecule has 0 aromatic carbocycles. The van der Waals surface area contributed by atoms with Gasteiger partial charge in [0.2, 0.25) is 5.91 Å². The van der Waals surface area contributed by atoms with Gasteiger partial charge < -0.3 is 15.1 Å². The molecule has 8 nitrogen and oxygen atoms in total. The lowest BCUT2D eigenvalue weighted by Crippen LogP contribution is -2.64. The highest BCUT2D eigenvalue weighted by molar-refractivity contribution is 6.08. The third-order valence-corrected chi connectivity index (χ3v) is 5.01. The molecule has 0 radical (unpaired) electrons. The quantitative estimate of drug-likeness (QED) is 0.737. The van der Waals surface area contributed by atoms with Crippen molar-refractivity contribution in [2.45, 2.75) is 39.0 Å². The van der Waals surface area contributed by atoms with Crippen LogP contribution in [-0.2, 0) is 9.59 Å². The van der Waals surface area contributed by atoms with E-state index in [1.165, 1.54) is 30.7 Å². The van der Waals surface area contributed by atoms with Crippen LogP contribution in [0.5, 0.6) is 0 Å². The lowest BCUT2D eigenvalue weighted by atomic mass is 9.95. The number of amides is 5. The molecule has 0 saturated carbocycles. The summed E-state index contributed by atoms with van der Waals surface area (Å²) in [7, 11) is 3.09. The Labute approximate surface area is 123 Å². The molecule has 2 saturated heterocycles. The van der Waals surface area contributed by atoms with Crippen LogP contribution in [0.4, 0.5) is 9.59 Å². The van der Waals surface area contributed by atoms with Gasteiger partial charge in [-0.1, -0.05) is 0 Å². The van der Waals surface area contributed by atoms with E-state index in [2.05, 4.69) is 5.32 Å². The highest BCUT2D eigenvalue weighted by Gasteiger charge is 2.71. The van der Waals surface area contributed by atoms with Crippen molar-refractivity contribution in [3.63, 3.8) is 0 Å². The Kier molecular flexibility index (Phi) is 3.05. The molecule has 0 aromatic heterocycles. The third kappa shape index (κ3) is 1.55. The minimum absolute atomic E-state index is 0.328. The summed E-state index contributed by atoms with van der Waals surface area (Å²) in [5.41, 5.74) is -2.25. The lowest BCUT2D eigenvalue weighted by Gasteiger charge is -2.41. The van der Waals surface area contributed by atoms with Crippen molar-refractivity contribution in [3.05, 3.63) is 0 Å². The van der Waals surface area contributed by atoms with E-state index in [0.29, 0.717) is 0 Å². The van der Waals surface area contributed by atoms with Gasteiger partial charge in [-0.15, -0.1) is 0 Å². The summed E-state index contributed by atoms with van der Waals surface area (Å²) in [4.78, 5) is 52.2. The number of Topliss-reactive ketones (excluding diaryl/α,β-unsaturated/α-hetero) is 1. The zero-order valence-corrected chi connectivity index (χ0v) is 13.1. The fourth-order valence-corrected chi connectivity index (χ4v) is 2.96. The SMILES string of the molecule is CC(=O)[C@@H](C)C(=O)N1C(=O)N(C)[C@]2(C)N(C)C(=O)N[C@]12C. The second-order valence-corrected chi connectivity index (χ2v) is 5.93. The molecule has 0 aliphatic carbocycles. The number of hydrogen-bond acceptors (Lipinski definition) is 4. The van der Waals surface area contributed by atoms with Crippen molar-refractivity contribution in [3.8, 4) is 0 Å². The monoisotopic (exact) mass is 296 g/mol. The van der Waals surface area contributed by atoms with E-state index >= 15 is 0 Å². The van der Waals surface area contributed by atoms with Crippen LogP contribution in [0.3, 0.4) is 0 Å². The van der Waals surface area contributed by atoms with Crippen LogP contribution in [0.1, 0.15) is 27.7 Å². The molecule has 0 unspecified atom stereocenters. The van der Waals surface area contributed by atoms with Gasteiger partial charge in [0, 0.05) is 14.1 Å². The van der Waals surface area contributed by atoms with E-state index in [1.54, 1.807) is 20.9 Å². The largest absolute Gasteiger partial charge is 0.330 e. The molecule has 116 valence electrons. The predicted molar refractivity (Wildman–Crippen MR) is 73.0 cm³/mol. The average molecular weight is 296 g/mol. The van der Waals surface area contributed by atoms with Gasteiger partial charge in [0.25, 0.3) is 0 Å². The molecule has 2 fully saturated rings. The molecule has 21 heavy (non-hydrogen) atoms. The number of urea groups is 2. The number of imide groups is 1. The van der Waals surface area contributed by atoms with E-state index < -0.39 is 29.2 Å². The Morgan fingerprint density at radius 3 is 2.14 bits per heavy atom. The van der Waals surface area contributed by atoms with Gasteiger partial charge in [0.05, 0.1) is 5.92 Å². The van der Waals surface area contributed by atoms with Crippen LogP contribution in [0.15, 0.2) is 0 Å². The first-order chi connectivity index (χ1) is 9.50. The topological polar surface area (TPSA) is 90.0 Å². The summed E-state index contributed by atoms with van der Waals surface area (Å²) in [5.74, 6) is -1.88. The first-order valence-corrected chi connectivity index (χ1v) is 6.68. The standard InChI is InChI=1S/C13H20N4O4/c1-7(8(2)18)9(19)17-11(21)16(6)13(4)12(17,3)14-10(20)15(13)5/h7H,1-6H3,(H,14,20)/t7-,12-,13+/m1/s1. The number of likely N-dealkylation sites (N-methyl/N-ethyl adjacent to an activating group) is 2. The lowest BCUT2D eigenvalue weighted by molar-refractivity contribution is -0.141. The summed E-state index contributed by atoms with van der Waals surface area (Å²) in [6.45, 7) is 6.07. The molecular formula is C13H20N4O4. The molecule has 3 atom stereocenters. The van der Waals surface area contributed by atoms with Crippen LogP contribution in [0.2, 0.25) is 0 Å². The van der Waals surface area contributed by atoms with Crippen LogP contribution in [-0.4, -0.2) is 63.9 Å². The van der Waals surface area contributed by atoms with Gasteiger partial charge in [-0.3, -0.25) is 9.59 Å². The Morgan fingerprint density at radius 2 is 1.67 bits per heavy atom. The number of nitrogens with one attached hydrogen (secondary N) is 1. The molecule has 2 aliphatic heterocycles. The van der Waals surface area contributed by atoms with Gasteiger partial charge in [0.15, 0.2) is 11.3 Å². The molecule has 0 bridgehead atoms. The molecule has 0 aromatic rings. The Hall–Kier alpha value is -2.12. The molecule has 8 heteroatoms. The number of carbonyl (C=O) groups is 4. The molecule has 2 heterocycles. The van der Waals surface area contributed by atoms with Crippen molar-refractivity contribution in [2.75, 3.05) is 14.1 Å². The molecule has 0 spiro atoms. The summed E-state index contributed by atoms with van der Waals surface area (Å²) in [5, 5.41) is 2.69. The first kappa shape index (κ1) is 15.3. The van der Waals surface area contributed by atoms with Gasteiger partial charge >= 0.3 is 12.1 Å². The van der Waals surface area contributed by atoms with Crippen molar-refractivity contribution < 1.29 is 19.2 Å². The molecule has 5 amide bonds. The number of hydrogen-bond donors (Lipinski definition) is 1. The van der Waals surface area contributed by atoms with Crippen LogP contribution in [0, 0.1) is 5.92 Å². The third-order valence-electron chi connectivity index (χ3n) is 5.01. The number of nitrogens with zero attached hydrogens (tertiary/aromatic N) is 3. The fraction of sp³-hybridized carbons (Fsp3) is 0.692. The Balaban J connectivity index is 2.54. The minimum atomic E-state index is -1.23. The number of fused-ring (bicyclic) bond motifs is 1. The van der Waals surface area contributed by atoms with Crippen LogP contribution < -0.4 is 5.32 Å². The maximum absolute atomic E-state index is 12.5. The molecule has 1 N–H and O–H groups in total. The van der Waals surface area contributed by atoms with Crippen LogP contribution in [0.25, 0.3) is 0 Å². The second kappa shape index (κ2) is 4.19. The first-order valence-electron chi connectivity index (χ1n) is 6.68. The maximum atomic E-state index is 12.5. The molecule has 2 rings (SSSR count). The minimum Gasteiger partial charge on any atom is -0.311 e. The van der Waals surface area contributed by atoms with Crippen molar-refractivity contribution in [2.24, 2.45) is 5.92 Å². The zero-order chi connectivity index (χ0) is 16.3. The highest BCUT2D eigenvalue weighted by atomic mass is 16.2. The zero-order valence-electron chi connectivity index (χ0n) is 13.1. The summed E-state index contributed by atoms with van der Waals surface area (Å²) in [6, 6.07) is -0.919. The van der Waals surface area contributed by atoms with Crippen LogP contribution >= 0.6 is 0 Å². The van der Waals surface area contributed by atoms with Gasteiger partial charge in [0.1, 0.15) is 5.78 Å². The van der Waals surface area contributed by atoms with E-state index in [0.717, 1.165) is 4.90 Å². The van der Waals surface area contributed by atoms with Crippen molar-refractivity contribution >= 4 is 23.8 Å². The maximum Gasteiger partial charge on any atom is 0.330 e. The fourth-order valence-electron chi connectivity index (χ4n) is 2.96. The Bertz CT molecular complexity index is 562. The smallest absolute Gasteiger partial charge is 0.311 e. The summed E-state index contributed by atoms with van der Waals surface area (Å²) >= 11 is 0. The number of rotatable bonds is 2. The molecular weight excluding hydrogens is 276 g/mol. The van der Waals surface area contributed by atoms with E-state index in [-0.39, 0.29) is 11.8 Å². The van der Waals surface area contributed by atoms with Crippen molar-refractivity contribution in [1.82, 2.24) is 20.0 Å². The van der Waals surface area contributed by atoms with Gasteiger partial charge in [-0.05, 0) is 27.7 Å². The molecule has 2 aliphatic rings. The predicted octanol–water partition coefficient (Wildman–Crippen LogP) is 0.193. The van der Waals surface area contributed by atoms with Gasteiger partial charge in [-0.2, -0.15) is 0 Å². The van der Waals surface area contributed by atoms with E-state index in [4.69, 9.17) is 0 Å². The highest BCUT2D eigenvalue weighted by Crippen LogP contribution is 2.45. The second-order valence-electron chi connectivity index (χ2n) is 5.93.